The number of hydroxylamine groups is 1. The fourth-order valence-corrected chi connectivity index (χ4v) is 5.11. The van der Waals surface area contributed by atoms with Crippen molar-refractivity contribution in [2.75, 3.05) is 24.2 Å². The fraction of sp³-hybridized carbons (Fsp3) is 0.192. The van der Waals surface area contributed by atoms with Crippen molar-refractivity contribution in [2.24, 2.45) is 5.92 Å². The summed E-state index contributed by atoms with van der Waals surface area (Å²) < 4.78 is 10.7. The molecule has 0 radical (unpaired) electrons. The standard InChI is InChI=1S/C26H20Cl2N2O7/c1-35-18-11-9-15(19(26(33)34)22(18)36-2)21-20-23(37-30(21)13-6-4-3-5-7-13)25(32)29(24(20)31)14-8-10-16(27)17(28)12-14/h3-12,20-21,23H,1-2H3,(H,33,34)/t20-,21-,23-/m0/s1. The molecule has 37 heavy (non-hydrogen) atoms. The third-order valence-corrected chi connectivity index (χ3v) is 7.14. The van der Waals surface area contributed by atoms with Crippen molar-refractivity contribution >= 4 is 52.4 Å². The number of para-hydroxylation sites is 1. The van der Waals surface area contributed by atoms with Crippen molar-refractivity contribution in [1.82, 2.24) is 0 Å². The van der Waals surface area contributed by atoms with Crippen molar-refractivity contribution in [3.05, 3.63) is 81.8 Å². The van der Waals surface area contributed by atoms with Crippen molar-refractivity contribution in [2.45, 2.75) is 12.1 Å². The molecule has 11 heteroatoms. The summed E-state index contributed by atoms with van der Waals surface area (Å²) in [4.78, 5) is 46.9. The molecule has 0 saturated carbocycles. The predicted octanol–water partition coefficient (Wildman–Crippen LogP) is 4.76. The Kier molecular flexibility index (Phi) is 6.45. The van der Waals surface area contributed by atoms with Gasteiger partial charge in [-0.05, 0) is 42.0 Å². The normalized spacial score (nSPS) is 20.8. The quantitative estimate of drug-likeness (QED) is 0.444. The number of benzene rings is 3. The molecule has 3 atom stereocenters. The van der Waals surface area contributed by atoms with Gasteiger partial charge in [-0.3, -0.25) is 14.4 Å². The zero-order chi connectivity index (χ0) is 26.4. The van der Waals surface area contributed by atoms with Gasteiger partial charge in [-0.25, -0.2) is 14.8 Å². The van der Waals surface area contributed by atoms with Crippen LogP contribution in [-0.2, 0) is 14.4 Å². The minimum Gasteiger partial charge on any atom is -0.493 e. The van der Waals surface area contributed by atoms with Crippen LogP contribution in [0, 0.1) is 5.92 Å². The predicted molar refractivity (Wildman–Crippen MR) is 135 cm³/mol. The Morgan fingerprint density at radius 1 is 0.919 bits per heavy atom. The molecule has 5 rings (SSSR count). The SMILES string of the molecule is COc1ccc([C@H]2[C@@H]3C(=O)N(c4ccc(Cl)c(Cl)c4)C(=O)[C@H]3ON2c2ccccc2)c(C(=O)O)c1OC. The monoisotopic (exact) mass is 542 g/mol. The number of imide groups is 1. The van der Waals surface area contributed by atoms with Gasteiger partial charge in [-0.1, -0.05) is 47.5 Å². The van der Waals surface area contributed by atoms with E-state index in [0.29, 0.717) is 5.69 Å². The van der Waals surface area contributed by atoms with E-state index < -0.39 is 35.8 Å². The first-order valence-corrected chi connectivity index (χ1v) is 11.9. The maximum Gasteiger partial charge on any atom is 0.339 e. The van der Waals surface area contributed by atoms with Gasteiger partial charge in [0.05, 0.1) is 41.7 Å². The zero-order valence-corrected chi connectivity index (χ0v) is 21.1. The summed E-state index contributed by atoms with van der Waals surface area (Å²) in [6, 6.07) is 15.3. The van der Waals surface area contributed by atoms with Gasteiger partial charge in [0.15, 0.2) is 17.6 Å². The van der Waals surface area contributed by atoms with Crippen LogP contribution in [0.2, 0.25) is 10.0 Å². The van der Waals surface area contributed by atoms with Crippen molar-refractivity contribution in [1.29, 1.82) is 0 Å². The number of anilines is 2. The summed E-state index contributed by atoms with van der Waals surface area (Å²) in [5, 5.41) is 12.0. The molecule has 1 N–H and O–H groups in total. The average Bonchev–Trinajstić information content (AvgIpc) is 3.40. The number of nitrogens with zero attached hydrogens (tertiary/aromatic N) is 2. The van der Waals surface area contributed by atoms with Gasteiger partial charge in [-0.15, -0.1) is 0 Å². The molecule has 0 bridgehead atoms. The molecule has 2 saturated heterocycles. The van der Waals surface area contributed by atoms with E-state index in [-0.39, 0.29) is 38.4 Å². The summed E-state index contributed by atoms with van der Waals surface area (Å²) in [5.74, 6) is -3.34. The van der Waals surface area contributed by atoms with Gasteiger partial charge < -0.3 is 14.6 Å². The largest absolute Gasteiger partial charge is 0.493 e. The highest BCUT2D eigenvalue weighted by Crippen LogP contribution is 2.50. The number of carboxylic acids is 1. The minimum absolute atomic E-state index is 0.0120. The summed E-state index contributed by atoms with van der Waals surface area (Å²) in [7, 11) is 2.72. The summed E-state index contributed by atoms with van der Waals surface area (Å²) in [6.45, 7) is 0. The summed E-state index contributed by atoms with van der Waals surface area (Å²) >= 11 is 12.2. The third kappa shape index (κ3) is 3.96. The second-order valence-electron chi connectivity index (χ2n) is 8.34. The Morgan fingerprint density at radius 2 is 1.65 bits per heavy atom. The maximum atomic E-state index is 13.8. The number of halogens is 2. The van der Waals surface area contributed by atoms with Crippen LogP contribution in [0.5, 0.6) is 11.5 Å². The Balaban J connectivity index is 1.69. The second kappa shape index (κ2) is 9.59. The number of methoxy groups -OCH3 is 2. The van der Waals surface area contributed by atoms with Crippen LogP contribution in [0.3, 0.4) is 0 Å². The van der Waals surface area contributed by atoms with Gasteiger partial charge in [0.2, 0.25) is 5.91 Å². The molecule has 2 aliphatic heterocycles. The topological polar surface area (TPSA) is 106 Å². The molecule has 190 valence electrons. The van der Waals surface area contributed by atoms with Gasteiger partial charge >= 0.3 is 5.97 Å². The van der Waals surface area contributed by atoms with E-state index in [1.807, 2.05) is 0 Å². The lowest BCUT2D eigenvalue weighted by Crippen LogP contribution is -2.37. The number of carbonyl (C=O) groups excluding carboxylic acids is 2. The van der Waals surface area contributed by atoms with E-state index in [2.05, 4.69) is 0 Å². The summed E-state index contributed by atoms with van der Waals surface area (Å²) in [6.07, 6.45) is -1.21. The highest BCUT2D eigenvalue weighted by molar-refractivity contribution is 6.42. The van der Waals surface area contributed by atoms with Crippen LogP contribution in [0.25, 0.3) is 0 Å². The number of carboxylic acid groups (broad SMARTS) is 1. The van der Waals surface area contributed by atoms with Gasteiger partial charge in [0.25, 0.3) is 5.91 Å². The highest BCUT2D eigenvalue weighted by Gasteiger charge is 2.61. The Labute approximate surface area is 221 Å². The molecule has 2 heterocycles. The Bertz CT molecular complexity index is 1420. The molecule has 2 fully saturated rings. The first kappa shape index (κ1) is 24.9. The lowest BCUT2D eigenvalue weighted by atomic mass is 9.87. The number of fused-ring (bicyclic) bond motifs is 1. The lowest BCUT2D eigenvalue weighted by Gasteiger charge is -2.30. The maximum absolute atomic E-state index is 13.8. The minimum atomic E-state index is -1.29. The molecule has 0 aromatic heterocycles. The number of rotatable bonds is 6. The van der Waals surface area contributed by atoms with Crippen LogP contribution >= 0.6 is 23.2 Å². The van der Waals surface area contributed by atoms with Crippen LogP contribution < -0.4 is 19.4 Å². The molecule has 2 aliphatic rings. The number of amides is 2. The smallest absolute Gasteiger partial charge is 0.339 e. The molecular weight excluding hydrogens is 523 g/mol. The van der Waals surface area contributed by atoms with Crippen molar-refractivity contribution in [3.8, 4) is 11.5 Å². The number of carbonyl (C=O) groups is 3. The van der Waals surface area contributed by atoms with Crippen LogP contribution in [-0.4, -0.2) is 43.2 Å². The van der Waals surface area contributed by atoms with Crippen LogP contribution in [0.15, 0.2) is 60.7 Å². The number of aromatic carboxylic acids is 1. The highest BCUT2D eigenvalue weighted by atomic mass is 35.5. The van der Waals surface area contributed by atoms with E-state index in [1.54, 1.807) is 36.4 Å². The second-order valence-corrected chi connectivity index (χ2v) is 9.15. The Hall–Kier alpha value is -3.79. The zero-order valence-electron chi connectivity index (χ0n) is 19.6. The van der Waals surface area contributed by atoms with Gasteiger partial charge in [-0.2, -0.15) is 0 Å². The molecular formula is C26H20Cl2N2O7. The van der Waals surface area contributed by atoms with E-state index in [4.69, 9.17) is 37.5 Å². The van der Waals surface area contributed by atoms with E-state index in [9.17, 15) is 19.5 Å². The van der Waals surface area contributed by atoms with Crippen molar-refractivity contribution < 1.29 is 33.8 Å². The van der Waals surface area contributed by atoms with Gasteiger partial charge in [0, 0.05) is 0 Å². The van der Waals surface area contributed by atoms with E-state index in [1.165, 1.54) is 43.5 Å². The Morgan fingerprint density at radius 3 is 2.27 bits per heavy atom. The first-order chi connectivity index (χ1) is 17.8. The van der Waals surface area contributed by atoms with Crippen LogP contribution in [0.1, 0.15) is 22.0 Å². The first-order valence-electron chi connectivity index (χ1n) is 11.1. The van der Waals surface area contributed by atoms with E-state index in [0.717, 1.165) is 4.90 Å². The number of ether oxygens (including phenoxy) is 2. The summed E-state index contributed by atoms with van der Waals surface area (Å²) in [5.41, 5.74) is 0.789. The molecule has 0 aliphatic carbocycles. The molecule has 9 nitrogen and oxygen atoms in total. The molecule has 0 unspecified atom stereocenters. The van der Waals surface area contributed by atoms with Crippen LogP contribution in [0.4, 0.5) is 11.4 Å². The fourth-order valence-electron chi connectivity index (χ4n) is 4.82. The average molecular weight is 543 g/mol. The molecule has 0 spiro atoms. The number of hydrogen-bond acceptors (Lipinski definition) is 7. The number of hydrogen-bond donors (Lipinski definition) is 1. The lowest BCUT2D eigenvalue weighted by molar-refractivity contribution is -0.126. The molecule has 3 aromatic carbocycles. The third-order valence-electron chi connectivity index (χ3n) is 6.40. The van der Waals surface area contributed by atoms with E-state index >= 15 is 0 Å². The molecule has 3 aromatic rings. The van der Waals surface area contributed by atoms with Crippen molar-refractivity contribution in [3.63, 3.8) is 0 Å². The molecule has 2 amide bonds. The van der Waals surface area contributed by atoms with Gasteiger partial charge in [0.1, 0.15) is 11.5 Å².